The normalized spacial score (nSPS) is 21.4. The van der Waals surface area contributed by atoms with Gasteiger partial charge in [0.05, 0.1) is 13.2 Å². The fourth-order valence-corrected chi connectivity index (χ4v) is 6.49. The zero-order valence-electron chi connectivity index (χ0n) is 23.0. The first kappa shape index (κ1) is 25.8. The molecule has 0 aliphatic heterocycles. The van der Waals surface area contributed by atoms with Crippen LogP contribution in [0.2, 0.25) is 0 Å². The average molecular weight is 503 g/mol. The molecule has 1 spiro atoms. The SMILES string of the molecule is COc1ccc(F)c(-c2ccc(COc3ccc4c(c3)[C@]3(CC4)CC[C@H]3C)cc2[C@H](OC)C(C)(C)C)c1. The Morgan fingerprint density at radius 2 is 1.73 bits per heavy atom. The van der Waals surface area contributed by atoms with Crippen LogP contribution in [0.1, 0.15) is 75.3 Å². The molecule has 5 rings (SSSR count). The van der Waals surface area contributed by atoms with Crippen molar-refractivity contribution in [2.45, 2.75) is 71.5 Å². The van der Waals surface area contributed by atoms with Gasteiger partial charge in [0.15, 0.2) is 0 Å². The van der Waals surface area contributed by atoms with Gasteiger partial charge in [-0.15, -0.1) is 0 Å². The van der Waals surface area contributed by atoms with Gasteiger partial charge in [-0.3, -0.25) is 0 Å². The van der Waals surface area contributed by atoms with Gasteiger partial charge in [-0.1, -0.05) is 45.9 Å². The molecule has 0 radical (unpaired) electrons. The van der Waals surface area contributed by atoms with Gasteiger partial charge in [-0.25, -0.2) is 4.39 Å². The fraction of sp³-hybridized carbons (Fsp3) is 0.455. The average Bonchev–Trinajstić information content (AvgIpc) is 3.28. The lowest BCUT2D eigenvalue weighted by atomic mass is 9.58. The minimum Gasteiger partial charge on any atom is -0.497 e. The van der Waals surface area contributed by atoms with Crippen LogP contribution in [0, 0.1) is 17.2 Å². The number of aryl methyl sites for hydroxylation is 1. The monoisotopic (exact) mass is 502 g/mol. The Morgan fingerprint density at radius 3 is 2.38 bits per heavy atom. The summed E-state index contributed by atoms with van der Waals surface area (Å²) in [6.07, 6.45) is 4.83. The zero-order valence-corrected chi connectivity index (χ0v) is 23.0. The maximum Gasteiger partial charge on any atom is 0.131 e. The van der Waals surface area contributed by atoms with Gasteiger partial charge in [0.2, 0.25) is 0 Å². The molecule has 3 aromatic carbocycles. The molecule has 1 saturated carbocycles. The molecule has 1 fully saturated rings. The van der Waals surface area contributed by atoms with Gasteiger partial charge in [-0.2, -0.15) is 0 Å². The summed E-state index contributed by atoms with van der Waals surface area (Å²) in [5.41, 5.74) is 6.45. The first-order valence-corrected chi connectivity index (χ1v) is 13.4. The Hall–Kier alpha value is -2.85. The van der Waals surface area contributed by atoms with Crippen LogP contribution in [0.15, 0.2) is 54.6 Å². The van der Waals surface area contributed by atoms with Crippen molar-refractivity contribution in [2.75, 3.05) is 14.2 Å². The molecule has 3 aromatic rings. The van der Waals surface area contributed by atoms with E-state index in [2.05, 4.69) is 52.0 Å². The predicted molar refractivity (Wildman–Crippen MR) is 147 cm³/mol. The number of rotatable bonds is 7. The van der Waals surface area contributed by atoms with Crippen molar-refractivity contribution >= 4 is 0 Å². The predicted octanol–water partition coefficient (Wildman–Crippen LogP) is 8.43. The van der Waals surface area contributed by atoms with Crippen LogP contribution < -0.4 is 9.47 Å². The second kappa shape index (κ2) is 9.79. The number of benzene rings is 3. The number of hydrogen-bond acceptors (Lipinski definition) is 3. The lowest BCUT2D eigenvalue weighted by Crippen LogP contribution is -2.40. The first-order valence-electron chi connectivity index (χ1n) is 13.4. The first-order chi connectivity index (χ1) is 17.7. The second-order valence-corrected chi connectivity index (χ2v) is 12.0. The van der Waals surface area contributed by atoms with E-state index in [1.54, 1.807) is 26.4 Å². The van der Waals surface area contributed by atoms with Crippen molar-refractivity contribution in [2.24, 2.45) is 11.3 Å². The molecule has 0 aromatic heterocycles. The molecule has 3 nitrogen and oxygen atoms in total. The lowest BCUT2D eigenvalue weighted by molar-refractivity contribution is 0.0155. The molecule has 4 heteroatoms. The smallest absolute Gasteiger partial charge is 0.131 e. The minimum atomic E-state index is -0.285. The van der Waals surface area contributed by atoms with E-state index in [0.717, 1.165) is 28.4 Å². The van der Waals surface area contributed by atoms with Crippen molar-refractivity contribution in [1.29, 1.82) is 0 Å². The largest absolute Gasteiger partial charge is 0.497 e. The van der Waals surface area contributed by atoms with E-state index in [1.807, 2.05) is 12.1 Å². The Kier molecular flexibility index (Phi) is 6.83. The third-order valence-corrected chi connectivity index (χ3v) is 8.71. The molecule has 0 N–H and O–H groups in total. The molecule has 196 valence electrons. The summed E-state index contributed by atoms with van der Waals surface area (Å²) in [5.74, 6) is 2.00. The standard InChI is InChI=1S/C33H39FO3/c1-21-13-15-33(21)16-14-23-8-9-25(19-29(23)33)37-20-22-7-11-26(27-18-24(35-5)10-12-30(27)34)28(17-22)31(36-6)32(2,3)4/h7-12,17-19,21,31H,13-16,20H2,1-6H3/t21-,31+,33+/m1/s1. The molecular formula is C33H39FO3. The van der Waals surface area contributed by atoms with E-state index in [-0.39, 0.29) is 17.3 Å². The van der Waals surface area contributed by atoms with Gasteiger partial charge in [0, 0.05) is 12.7 Å². The highest BCUT2D eigenvalue weighted by molar-refractivity contribution is 5.70. The van der Waals surface area contributed by atoms with Crippen molar-refractivity contribution in [3.8, 4) is 22.6 Å². The van der Waals surface area contributed by atoms with Gasteiger partial charge < -0.3 is 14.2 Å². The number of fused-ring (bicyclic) bond motifs is 2. The quantitative estimate of drug-likeness (QED) is 0.324. The van der Waals surface area contributed by atoms with Crippen molar-refractivity contribution in [1.82, 2.24) is 0 Å². The zero-order chi connectivity index (χ0) is 26.4. The highest BCUT2D eigenvalue weighted by Crippen LogP contribution is 2.56. The van der Waals surface area contributed by atoms with E-state index in [9.17, 15) is 0 Å². The molecule has 0 bridgehead atoms. The Labute approximate surface area is 221 Å². The van der Waals surface area contributed by atoms with Crippen LogP contribution >= 0.6 is 0 Å². The Morgan fingerprint density at radius 1 is 0.946 bits per heavy atom. The number of halogens is 1. The second-order valence-electron chi connectivity index (χ2n) is 12.0. The van der Waals surface area contributed by atoms with E-state index >= 15 is 4.39 Å². The summed E-state index contributed by atoms with van der Waals surface area (Å²) >= 11 is 0. The third kappa shape index (κ3) is 4.65. The summed E-state index contributed by atoms with van der Waals surface area (Å²) in [5, 5.41) is 0. The summed E-state index contributed by atoms with van der Waals surface area (Å²) in [7, 11) is 3.31. The topological polar surface area (TPSA) is 27.7 Å². The van der Waals surface area contributed by atoms with Crippen LogP contribution in [0.4, 0.5) is 4.39 Å². The van der Waals surface area contributed by atoms with Crippen LogP contribution in [0.5, 0.6) is 11.5 Å². The summed E-state index contributed by atoms with van der Waals surface area (Å²) in [6, 6.07) is 17.6. The number of hydrogen-bond donors (Lipinski definition) is 0. The molecule has 2 aliphatic carbocycles. The van der Waals surface area contributed by atoms with Crippen LogP contribution in [0.3, 0.4) is 0 Å². The molecule has 0 heterocycles. The lowest BCUT2D eigenvalue weighted by Gasteiger charge is -2.46. The van der Waals surface area contributed by atoms with E-state index in [0.29, 0.717) is 23.3 Å². The molecule has 0 unspecified atom stereocenters. The van der Waals surface area contributed by atoms with Gasteiger partial charge in [0.1, 0.15) is 23.9 Å². The molecule has 3 atom stereocenters. The molecule has 0 amide bonds. The molecule has 37 heavy (non-hydrogen) atoms. The summed E-state index contributed by atoms with van der Waals surface area (Å²) < 4.78 is 32.7. The van der Waals surface area contributed by atoms with Crippen LogP contribution in [0.25, 0.3) is 11.1 Å². The van der Waals surface area contributed by atoms with Gasteiger partial charge in [0.25, 0.3) is 0 Å². The van der Waals surface area contributed by atoms with E-state index in [1.165, 1.54) is 42.9 Å². The maximum absolute atomic E-state index is 15.0. The Balaban J connectivity index is 1.47. The van der Waals surface area contributed by atoms with Crippen LogP contribution in [-0.4, -0.2) is 14.2 Å². The maximum atomic E-state index is 15.0. The highest BCUT2D eigenvalue weighted by Gasteiger charge is 2.49. The Bertz CT molecular complexity index is 1290. The van der Waals surface area contributed by atoms with Crippen molar-refractivity contribution in [3.63, 3.8) is 0 Å². The highest BCUT2D eigenvalue weighted by atomic mass is 19.1. The van der Waals surface area contributed by atoms with Gasteiger partial charge >= 0.3 is 0 Å². The van der Waals surface area contributed by atoms with E-state index < -0.39 is 0 Å². The number of ether oxygens (including phenoxy) is 3. The summed E-state index contributed by atoms with van der Waals surface area (Å²) in [4.78, 5) is 0. The third-order valence-electron chi connectivity index (χ3n) is 8.71. The van der Waals surface area contributed by atoms with Crippen molar-refractivity contribution < 1.29 is 18.6 Å². The number of methoxy groups -OCH3 is 2. The summed E-state index contributed by atoms with van der Waals surface area (Å²) in [6.45, 7) is 9.24. The molecule has 2 aliphatic rings. The minimum absolute atomic E-state index is 0.188. The van der Waals surface area contributed by atoms with Crippen LogP contribution in [-0.2, 0) is 23.2 Å². The van der Waals surface area contributed by atoms with Gasteiger partial charge in [-0.05, 0) is 107 Å². The molecular weight excluding hydrogens is 463 g/mol. The van der Waals surface area contributed by atoms with E-state index in [4.69, 9.17) is 14.2 Å². The fourth-order valence-electron chi connectivity index (χ4n) is 6.49. The molecule has 0 saturated heterocycles. The van der Waals surface area contributed by atoms with Crippen molar-refractivity contribution in [3.05, 3.63) is 82.7 Å².